The number of rotatable bonds is 4. The highest BCUT2D eigenvalue weighted by atomic mass is 32.1. The molecule has 2 amide bonds. The number of pyridine rings is 1. The summed E-state index contributed by atoms with van der Waals surface area (Å²) in [6.07, 6.45) is 0.792. The van der Waals surface area contributed by atoms with E-state index in [9.17, 15) is 4.79 Å². The number of anilines is 1. The molecule has 24 heavy (non-hydrogen) atoms. The molecule has 0 bridgehead atoms. The predicted molar refractivity (Wildman–Crippen MR) is 91.6 cm³/mol. The number of carbonyl (C=O) groups excluding carboxylic acids is 1. The van der Waals surface area contributed by atoms with E-state index < -0.39 is 0 Å². The van der Waals surface area contributed by atoms with E-state index in [4.69, 9.17) is 9.47 Å². The lowest BCUT2D eigenvalue weighted by atomic mass is 10.1. The summed E-state index contributed by atoms with van der Waals surface area (Å²) in [5.41, 5.74) is 3.79. The van der Waals surface area contributed by atoms with Gasteiger partial charge in [0.25, 0.3) is 0 Å². The molecular formula is C16H20N4O3S. The summed E-state index contributed by atoms with van der Waals surface area (Å²) < 4.78 is 10.7. The summed E-state index contributed by atoms with van der Waals surface area (Å²) in [6.45, 7) is 5.47. The Hall–Kier alpha value is -2.19. The van der Waals surface area contributed by atoms with Crippen LogP contribution >= 0.6 is 11.3 Å². The molecule has 3 heterocycles. The highest BCUT2D eigenvalue weighted by Crippen LogP contribution is 2.27. The van der Waals surface area contributed by atoms with Gasteiger partial charge in [0.2, 0.25) is 5.88 Å². The average Bonchev–Trinajstić information content (AvgIpc) is 2.95. The second-order valence-electron chi connectivity index (χ2n) is 5.57. The molecule has 7 nitrogen and oxygen atoms in total. The van der Waals surface area contributed by atoms with Crippen molar-refractivity contribution in [1.29, 1.82) is 0 Å². The second-order valence-corrected chi connectivity index (χ2v) is 6.65. The SMILES string of the molecule is COc1nc(C)cc(C)c1CNC(=O)Nc1nc2c(s1)COCC2. The van der Waals surface area contributed by atoms with Crippen LogP contribution in [0.1, 0.15) is 27.4 Å². The predicted octanol–water partition coefficient (Wildman–Crippen LogP) is 2.56. The van der Waals surface area contributed by atoms with Gasteiger partial charge in [0.15, 0.2) is 5.13 Å². The maximum atomic E-state index is 12.1. The van der Waals surface area contributed by atoms with E-state index >= 15 is 0 Å². The molecule has 3 rings (SSSR count). The van der Waals surface area contributed by atoms with Gasteiger partial charge < -0.3 is 14.8 Å². The number of thiazole rings is 1. The topological polar surface area (TPSA) is 85.4 Å². The van der Waals surface area contributed by atoms with Gasteiger partial charge in [0, 0.05) is 17.7 Å². The number of amides is 2. The first-order valence-electron chi connectivity index (χ1n) is 7.69. The maximum absolute atomic E-state index is 12.1. The van der Waals surface area contributed by atoms with Crippen LogP contribution in [0.15, 0.2) is 6.07 Å². The number of methoxy groups -OCH3 is 1. The number of hydrogen-bond donors (Lipinski definition) is 2. The molecule has 0 unspecified atom stereocenters. The van der Waals surface area contributed by atoms with Crippen LogP contribution in [0, 0.1) is 13.8 Å². The van der Waals surface area contributed by atoms with Gasteiger partial charge in [-0.1, -0.05) is 11.3 Å². The zero-order valence-electron chi connectivity index (χ0n) is 13.9. The smallest absolute Gasteiger partial charge is 0.321 e. The molecule has 0 fully saturated rings. The van der Waals surface area contributed by atoms with Crippen molar-refractivity contribution in [2.45, 2.75) is 33.4 Å². The standard InChI is InChI=1S/C16H20N4O3S/c1-9-6-10(2)18-14(22-3)11(9)7-17-15(21)20-16-19-12-4-5-23-8-13(12)24-16/h6H,4-5,7-8H2,1-3H3,(H2,17,19,20,21). The van der Waals surface area contributed by atoms with Gasteiger partial charge in [-0.15, -0.1) is 0 Å². The van der Waals surface area contributed by atoms with Crippen LogP contribution in [0.4, 0.5) is 9.93 Å². The van der Waals surface area contributed by atoms with E-state index in [1.807, 2.05) is 19.9 Å². The minimum absolute atomic E-state index is 0.302. The lowest BCUT2D eigenvalue weighted by molar-refractivity contribution is 0.112. The van der Waals surface area contributed by atoms with E-state index in [1.165, 1.54) is 11.3 Å². The zero-order valence-corrected chi connectivity index (χ0v) is 14.7. The van der Waals surface area contributed by atoms with Crippen molar-refractivity contribution < 1.29 is 14.3 Å². The van der Waals surface area contributed by atoms with Crippen molar-refractivity contribution in [3.05, 3.63) is 33.5 Å². The highest BCUT2D eigenvalue weighted by molar-refractivity contribution is 7.15. The summed E-state index contributed by atoms with van der Waals surface area (Å²) in [5, 5.41) is 6.20. The molecule has 0 radical (unpaired) electrons. The quantitative estimate of drug-likeness (QED) is 0.887. The summed E-state index contributed by atoms with van der Waals surface area (Å²) in [4.78, 5) is 22.0. The first kappa shape index (κ1) is 16.7. The van der Waals surface area contributed by atoms with Gasteiger partial charge in [-0.05, 0) is 25.5 Å². The summed E-state index contributed by atoms with van der Waals surface area (Å²) >= 11 is 1.45. The molecule has 0 aromatic carbocycles. The first-order valence-corrected chi connectivity index (χ1v) is 8.50. The van der Waals surface area contributed by atoms with Crippen LogP contribution in [0.5, 0.6) is 5.88 Å². The fourth-order valence-corrected chi connectivity index (χ4v) is 3.54. The molecule has 8 heteroatoms. The molecule has 0 saturated heterocycles. The number of aromatic nitrogens is 2. The third kappa shape index (κ3) is 3.65. The number of urea groups is 1. The Labute approximate surface area is 144 Å². The Morgan fingerprint density at radius 1 is 1.42 bits per heavy atom. The van der Waals surface area contributed by atoms with E-state index in [2.05, 4.69) is 20.6 Å². The second kappa shape index (κ2) is 7.14. The maximum Gasteiger partial charge on any atom is 0.321 e. The molecule has 0 aliphatic carbocycles. The Bertz CT molecular complexity index is 737. The van der Waals surface area contributed by atoms with Gasteiger partial charge >= 0.3 is 6.03 Å². The van der Waals surface area contributed by atoms with Gasteiger partial charge in [-0.3, -0.25) is 5.32 Å². The van der Waals surface area contributed by atoms with Gasteiger partial charge in [-0.25, -0.2) is 14.8 Å². The number of hydrogen-bond acceptors (Lipinski definition) is 6. The van der Waals surface area contributed by atoms with Crippen molar-refractivity contribution in [3.8, 4) is 5.88 Å². The van der Waals surface area contributed by atoms with Crippen molar-refractivity contribution in [1.82, 2.24) is 15.3 Å². The molecule has 2 N–H and O–H groups in total. The van der Waals surface area contributed by atoms with Gasteiger partial charge in [0.05, 0.1) is 37.4 Å². The molecular weight excluding hydrogens is 328 g/mol. The summed E-state index contributed by atoms with van der Waals surface area (Å²) in [6, 6.07) is 1.66. The Kier molecular flexibility index (Phi) is 4.96. The van der Waals surface area contributed by atoms with Crippen molar-refractivity contribution in [2.75, 3.05) is 19.0 Å². The number of ether oxygens (including phenoxy) is 2. The molecule has 128 valence electrons. The first-order chi connectivity index (χ1) is 11.6. The normalized spacial score (nSPS) is 13.3. The fourth-order valence-electron chi connectivity index (χ4n) is 2.60. The largest absolute Gasteiger partial charge is 0.481 e. The van der Waals surface area contributed by atoms with Crippen LogP contribution in [0.2, 0.25) is 0 Å². The molecule has 1 aliphatic heterocycles. The number of fused-ring (bicyclic) bond motifs is 1. The third-order valence-electron chi connectivity index (χ3n) is 3.77. The lowest BCUT2D eigenvalue weighted by Gasteiger charge is -2.12. The highest BCUT2D eigenvalue weighted by Gasteiger charge is 2.17. The minimum atomic E-state index is -0.302. The fraction of sp³-hybridized carbons (Fsp3) is 0.438. The van der Waals surface area contributed by atoms with Crippen LogP contribution in [-0.4, -0.2) is 29.7 Å². The Balaban J connectivity index is 1.63. The lowest BCUT2D eigenvalue weighted by Crippen LogP contribution is -2.28. The summed E-state index contributed by atoms with van der Waals surface area (Å²) in [7, 11) is 1.58. The molecule has 2 aromatic heterocycles. The number of carbonyl (C=O) groups is 1. The molecule has 0 saturated carbocycles. The minimum Gasteiger partial charge on any atom is -0.481 e. The Morgan fingerprint density at radius 3 is 3.00 bits per heavy atom. The molecule has 0 spiro atoms. The number of aryl methyl sites for hydroxylation is 2. The van der Waals surface area contributed by atoms with E-state index in [-0.39, 0.29) is 6.03 Å². The van der Waals surface area contributed by atoms with Crippen LogP contribution < -0.4 is 15.4 Å². The molecule has 1 aliphatic rings. The van der Waals surface area contributed by atoms with Crippen LogP contribution in [-0.2, 0) is 24.3 Å². The monoisotopic (exact) mass is 348 g/mol. The third-order valence-corrected chi connectivity index (χ3v) is 4.76. The van der Waals surface area contributed by atoms with Crippen LogP contribution in [0.3, 0.4) is 0 Å². The number of nitrogens with zero attached hydrogens (tertiary/aromatic N) is 2. The zero-order chi connectivity index (χ0) is 17.1. The van der Waals surface area contributed by atoms with Gasteiger partial charge in [-0.2, -0.15) is 0 Å². The van der Waals surface area contributed by atoms with E-state index in [0.717, 1.165) is 33.8 Å². The van der Waals surface area contributed by atoms with Crippen molar-refractivity contribution in [2.24, 2.45) is 0 Å². The summed E-state index contributed by atoms with van der Waals surface area (Å²) in [5.74, 6) is 0.537. The van der Waals surface area contributed by atoms with Crippen molar-refractivity contribution in [3.63, 3.8) is 0 Å². The molecule has 2 aromatic rings. The number of nitrogens with one attached hydrogen (secondary N) is 2. The van der Waals surface area contributed by atoms with Gasteiger partial charge in [0.1, 0.15) is 0 Å². The molecule has 0 atom stereocenters. The Morgan fingerprint density at radius 2 is 2.25 bits per heavy atom. The average molecular weight is 348 g/mol. The van der Waals surface area contributed by atoms with E-state index in [0.29, 0.717) is 30.8 Å². The van der Waals surface area contributed by atoms with Crippen molar-refractivity contribution >= 4 is 22.5 Å². The van der Waals surface area contributed by atoms with Crippen LogP contribution in [0.25, 0.3) is 0 Å². The van der Waals surface area contributed by atoms with E-state index in [1.54, 1.807) is 7.11 Å².